The zero-order valence-electron chi connectivity index (χ0n) is 12.4. The summed E-state index contributed by atoms with van der Waals surface area (Å²) in [6.07, 6.45) is 1.73. The third-order valence-electron chi connectivity index (χ3n) is 3.08. The quantitative estimate of drug-likeness (QED) is 0.837. The zero-order chi connectivity index (χ0) is 15.1. The predicted molar refractivity (Wildman–Crippen MR) is 82.3 cm³/mol. The fraction of sp³-hybridized carbons (Fsp3) is 0.500. The predicted octanol–water partition coefficient (Wildman–Crippen LogP) is 2.88. The van der Waals surface area contributed by atoms with Crippen molar-refractivity contribution in [2.24, 2.45) is 0 Å². The molecule has 2 aromatic heterocycles. The molecule has 2 heterocycles. The van der Waals surface area contributed by atoms with Crippen molar-refractivity contribution in [3.8, 4) is 0 Å². The van der Waals surface area contributed by atoms with Crippen molar-refractivity contribution in [2.75, 3.05) is 0 Å². The lowest BCUT2D eigenvalue weighted by Crippen LogP contribution is -2.43. The van der Waals surface area contributed by atoms with Crippen molar-refractivity contribution in [1.29, 1.82) is 0 Å². The molecule has 2 rings (SSSR count). The number of H-pyrrole nitrogens is 1. The molecule has 1 amide bonds. The maximum Gasteiger partial charge on any atom is 0.243 e. The van der Waals surface area contributed by atoms with Crippen LogP contribution in [-0.2, 0) is 4.79 Å². The number of fused-ring (bicyclic) bond motifs is 1. The van der Waals surface area contributed by atoms with E-state index in [1.807, 2.05) is 40.7 Å². The molecule has 0 radical (unpaired) electrons. The van der Waals surface area contributed by atoms with Crippen molar-refractivity contribution in [2.45, 2.75) is 46.2 Å². The van der Waals surface area contributed by atoms with E-state index in [1.165, 1.54) is 0 Å². The van der Waals surface area contributed by atoms with Crippen LogP contribution in [0.25, 0.3) is 11.2 Å². The molecule has 0 aliphatic heterocycles. The number of carbonyl (C=O) groups is 1. The Morgan fingerprint density at radius 3 is 2.75 bits per heavy atom. The van der Waals surface area contributed by atoms with E-state index in [2.05, 4.69) is 15.3 Å². The molecular weight excluding hydrogens is 272 g/mol. The molecule has 0 aliphatic carbocycles. The number of pyridine rings is 1. The van der Waals surface area contributed by atoms with Gasteiger partial charge in [0.1, 0.15) is 6.04 Å². The van der Waals surface area contributed by atoms with Crippen LogP contribution in [0.5, 0.6) is 0 Å². The van der Waals surface area contributed by atoms with Gasteiger partial charge in [-0.25, -0.2) is 4.98 Å². The second-order valence-electron chi connectivity index (χ2n) is 6.04. The Morgan fingerprint density at radius 1 is 1.50 bits per heavy atom. The van der Waals surface area contributed by atoms with Crippen molar-refractivity contribution in [3.05, 3.63) is 22.6 Å². The lowest BCUT2D eigenvalue weighted by Gasteiger charge is -2.23. The minimum Gasteiger partial charge on any atom is -0.350 e. The van der Waals surface area contributed by atoms with Gasteiger partial charge >= 0.3 is 0 Å². The molecule has 0 spiro atoms. The van der Waals surface area contributed by atoms with Crippen LogP contribution >= 0.6 is 12.2 Å². The number of nitrogens with one attached hydrogen (secondary N) is 2. The van der Waals surface area contributed by atoms with Gasteiger partial charge in [-0.05, 0) is 58.5 Å². The van der Waals surface area contributed by atoms with Crippen molar-refractivity contribution >= 4 is 29.3 Å². The van der Waals surface area contributed by atoms with Gasteiger partial charge in [0.05, 0.1) is 5.52 Å². The monoisotopic (exact) mass is 292 g/mol. The summed E-state index contributed by atoms with van der Waals surface area (Å²) in [5.41, 5.74) is 2.38. The average Bonchev–Trinajstić information content (AvgIpc) is 2.64. The number of rotatable bonds is 2. The summed E-state index contributed by atoms with van der Waals surface area (Å²) >= 11 is 5.34. The molecule has 2 N–H and O–H groups in total. The second kappa shape index (κ2) is 5.01. The highest BCUT2D eigenvalue weighted by molar-refractivity contribution is 7.71. The summed E-state index contributed by atoms with van der Waals surface area (Å²) < 4.78 is 2.28. The topological polar surface area (TPSA) is 62.7 Å². The number of nitrogens with zero attached hydrogens (tertiary/aromatic N) is 2. The molecule has 1 unspecified atom stereocenters. The highest BCUT2D eigenvalue weighted by atomic mass is 32.1. The Bertz CT molecular complexity index is 708. The van der Waals surface area contributed by atoms with E-state index in [-0.39, 0.29) is 11.4 Å². The number of carbonyl (C=O) groups excluding carboxylic acids is 1. The van der Waals surface area contributed by atoms with Gasteiger partial charge in [-0.3, -0.25) is 9.36 Å². The van der Waals surface area contributed by atoms with Gasteiger partial charge in [-0.2, -0.15) is 0 Å². The van der Waals surface area contributed by atoms with Crippen LogP contribution in [-0.4, -0.2) is 26.0 Å². The van der Waals surface area contributed by atoms with Gasteiger partial charge in [0.25, 0.3) is 0 Å². The molecule has 0 bridgehead atoms. The number of aromatic nitrogens is 3. The van der Waals surface area contributed by atoms with Gasteiger partial charge in [0.15, 0.2) is 10.4 Å². The van der Waals surface area contributed by atoms with Crippen LogP contribution in [0.3, 0.4) is 0 Å². The third-order valence-corrected chi connectivity index (χ3v) is 3.38. The third kappa shape index (κ3) is 2.75. The summed E-state index contributed by atoms with van der Waals surface area (Å²) in [5, 5.41) is 2.97. The Labute approximate surface area is 123 Å². The first-order valence-electron chi connectivity index (χ1n) is 6.58. The molecule has 6 heteroatoms. The Kier molecular flexibility index (Phi) is 3.69. The van der Waals surface area contributed by atoms with E-state index < -0.39 is 6.04 Å². The standard InChI is InChI=1S/C14H20N4OS/c1-8-6-7-15-11-10(8)16-13(20)18(11)9(2)12(19)17-14(3,4)5/h6-7,9H,1-5H3,(H,16,20)(H,17,19). The zero-order valence-corrected chi connectivity index (χ0v) is 13.3. The fourth-order valence-electron chi connectivity index (χ4n) is 2.09. The maximum absolute atomic E-state index is 12.3. The molecule has 0 saturated carbocycles. The average molecular weight is 292 g/mol. The molecule has 2 aromatic rings. The molecule has 0 aromatic carbocycles. The van der Waals surface area contributed by atoms with Crippen molar-refractivity contribution < 1.29 is 4.79 Å². The lowest BCUT2D eigenvalue weighted by molar-refractivity contribution is -0.125. The summed E-state index contributed by atoms with van der Waals surface area (Å²) in [6, 6.07) is 1.50. The highest BCUT2D eigenvalue weighted by Crippen LogP contribution is 2.20. The molecule has 0 fully saturated rings. The largest absolute Gasteiger partial charge is 0.350 e. The van der Waals surface area contributed by atoms with Crippen molar-refractivity contribution in [3.63, 3.8) is 0 Å². The number of aryl methyl sites for hydroxylation is 1. The highest BCUT2D eigenvalue weighted by Gasteiger charge is 2.23. The summed E-state index contributed by atoms with van der Waals surface area (Å²) in [6.45, 7) is 9.67. The van der Waals surface area contributed by atoms with Crippen LogP contribution in [0.4, 0.5) is 0 Å². The van der Waals surface area contributed by atoms with Crippen molar-refractivity contribution in [1.82, 2.24) is 19.9 Å². The number of amides is 1. The molecule has 5 nitrogen and oxygen atoms in total. The van der Waals surface area contributed by atoms with Gasteiger partial charge in [0, 0.05) is 11.7 Å². The van der Waals surface area contributed by atoms with E-state index >= 15 is 0 Å². The molecule has 1 atom stereocenters. The number of aromatic amines is 1. The van der Waals surface area contributed by atoms with Crippen LogP contribution in [0, 0.1) is 11.7 Å². The number of hydrogen-bond acceptors (Lipinski definition) is 3. The maximum atomic E-state index is 12.3. The van der Waals surface area contributed by atoms with Crippen LogP contribution in [0.15, 0.2) is 12.3 Å². The summed E-state index contributed by atoms with van der Waals surface area (Å²) in [5.74, 6) is -0.0715. The molecule has 108 valence electrons. The minimum atomic E-state index is -0.412. The van der Waals surface area contributed by atoms with E-state index in [0.29, 0.717) is 10.4 Å². The van der Waals surface area contributed by atoms with Gasteiger partial charge in [-0.1, -0.05) is 0 Å². The van der Waals surface area contributed by atoms with Gasteiger partial charge < -0.3 is 10.3 Å². The minimum absolute atomic E-state index is 0.0715. The Morgan fingerprint density at radius 2 is 2.15 bits per heavy atom. The normalized spacial score (nSPS) is 13.4. The first-order valence-corrected chi connectivity index (χ1v) is 6.99. The van der Waals surface area contributed by atoms with E-state index in [0.717, 1.165) is 11.1 Å². The molecule has 20 heavy (non-hydrogen) atoms. The van der Waals surface area contributed by atoms with Gasteiger partial charge in [-0.15, -0.1) is 0 Å². The van der Waals surface area contributed by atoms with E-state index in [9.17, 15) is 4.79 Å². The first kappa shape index (κ1) is 14.7. The Hall–Kier alpha value is -1.69. The first-order chi connectivity index (χ1) is 9.20. The van der Waals surface area contributed by atoms with Crippen LogP contribution in [0.2, 0.25) is 0 Å². The van der Waals surface area contributed by atoms with Crippen LogP contribution in [0.1, 0.15) is 39.3 Å². The van der Waals surface area contributed by atoms with E-state index in [1.54, 1.807) is 10.8 Å². The SMILES string of the molecule is Cc1ccnc2c1[nH]c(=S)n2C(C)C(=O)NC(C)(C)C. The summed E-state index contributed by atoms with van der Waals surface area (Å²) in [4.78, 5) is 19.8. The molecule has 0 saturated heterocycles. The smallest absolute Gasteiger partial charge is 0.243 e. The Balaban J connectivity index is 2.48. The second-order valence-corrected chi connectivity index (χ2v) is 6.43. The molecular formula is C14H20N4OS. The fourth-order valence-corrected chi connectivity index (χ4v) is 2.44. The van der Waals surface area contributed by atoms with Crippen LogP contribution < -0.4 is 5.32 Å². The number of imidazole rings is 1. The van der Waals surface area contributed by atoms with Gasteiger partial charge in [0.2, 0.25) is 5.91 Å². The number of hydrogen-bond donors (Lipinski definition) is 2. The lowest BCUT2D eigenvalue weighted by atomic mass is 10.1. The molecule has 0 aliphatic rings. The summed E-state index contributed by atoms with van der Waals surface area (Å²) in [7, 11) is 0. The van der Waals surface area contributed by atoms with E-state index in [4.69, 9.17) is 12.2 Å².